The molecule has 1 aliphatic rings. The SMILES string of the molecule is COC(=O)[C@@H]1C[C@H](C)N(C)c2ccccc21. The molecule has 3 nitrogen and oxygen atoms in total. The minimum atomic E-state index is -0.132. The first kappa shape index (κ1) is 11.0. The van der Waals surface area contributed by atoms with E-state index >= 15 is 0 Å². The summed E-state index contributed by atoms with van der Waals surface area (Å²) < 4.78 is 4.87. The monoisotopic (exact) mass is 219 g/mol. The number of rotatable bonds is 1. The van der Waals surface area contributed by atoms with Crippen LogP contribution < -0.4 is 4.90 Å². The fraction of sp³-hybridized carbons (Fsp3) is 0.462. The first-order valence-electron chi connectivity index (χ1n) is 5.54. The number of benzene rings is 1. The molecule has 0 unspecified atom stereocenters. The molecule has 0 fully saturated rings. The third-order valence-electron chi connectivity index (χ3n) is 3.42. The molecule has 0 N–H and O–H groups in total. The number of esters is 1. The van der Waals surface area contributed by atoms with Crippen molar-refractivity contribution in [2.24, 2.45) is 0 Å². The van der Waals surface area contributed by atoms with E-state index in [9.17, 15) is 4.79 Å². The average Bonchev–Trinajstić information content (AvgIpc) is 2.33. The van der Waals surface area contributed by atoms with E-state index in [2.05, 4.69) is 24.9 Å². The standard InChI is InChI=1S/C13H17NO2/c1-9-8-11(13(15)16-3)10-6-4-5-7-12(10)14(9)2/h4-7,9,11H,8H2,1-3H3/t9-,11+/m0/s1. The van der Waals surface area contributed by atoms with Gasteiger partial charge in [-0.3, -0.25) is 4.79 Å². The second-order valence-electron chi connectivity index (χ2n) is 4.33. The van der Waals surface area contributed by atoms with Crippen LogP contribution in [0.15, 0.2) is 24.3 Å². The Bertz CT molecular complexity index is 403. The van der Waals surface area contributed by atoms with Crippen molar-refractivity contribution in [3.05, 3.63) is 29.8 Å². The fourth-order valence-electron chi connectivity index (χ4n) is 2.33. The number of carbonyl (C=O) groups excluding carboxylic acids is 1. The molecule has 0 saturated carbocycles. The van der Waals surface area contributed by atoms with Gasteiger partial charge in [0.1, 0.15) is 0 Å². The van der Waals surface area contributed by atoms with Gasteiger partial charge in [0.15, 0.2) is 0 Å². The van der Waals surface area contributed by atoms with E-state index in [0.29, 0.717) is 6.04 Å². The van der Waals surface area contributed by atoms with Crippen LogP contribution in [0.2, 0.25) is 0 Å². The van der Waals surface area contributed by atoms with E-state index in [1.165, 1.54) is 7.11 Å². The maximum Gasteiger partial charge on any atom is 0.313 e. The van der Waals surface area contributed by atoms with Gasteiger partial charge in [0.25, 0.3) is 0 Å². The third-order valence-corrected chi connectivity index (χ3v) is 3.42. The van der Waals surface area contributed by atoms with Gasteiger partial charge in [-0.15, -0.1) is 0 Å². The van der Waals surface area contributed by atoms with Gasteiger partial charge in [-0.05, 0) is 25.0 Å². The van der Waals surface area contributed by atoms with Crippen molar-refractivity contribution in [1.82, 2.24) is 0 Å². The van der Waals surface area contributed by atoms with E-state index in [4.69, 9.17) is 4.74 Å². The van der Waals surface area contributed by atoms with Crippen LogP contribution in [0.25, 0.3) is 0 Å². The average molecular weight is 219 g/mol. The second-order valence-corrected chi connectivity index (χ2v) is 4.33. The Kier molecular flexibility index (Phi) is 2.86. The molecule has 0 spiro atoms. The van der Waals surface area contributed by atoms with Crippen molar-refractivity contribution in [3.8, 4) is 0 Å². The molecule has 0 bridgehead atoms. The molecule has 0 radical (unpaired) electrons. The van der Waals surface area contributed by atoms with Crippen LogP contribution in [0, 0.1) is 0 Å². The van der Waals surface area contributed by atoms with Crippen LogP contribution in [0.1, 0.15) is 24.8 Å². The Hall–Kier alpha value is -1.51. The number of fused-ring (bicyclic) bond motifs is 1. The predicted molar refractivity (Wildman–Crippen MR) is 63.7 cm³/mol. The van der Waals surface area contributed by atoms with Gasteiger partial charge >= 0.3 is 5.97 Å². The highest BCUT2D eigenvalue weighted by molar-refractivity contribution is 5.82. The van der Waals surface area contributed by atoms with Gasteiger partial charge in [0.2, 0.25) is 0 Å². The van der Waals surface area contributed by atoms with E-state index in [0.717, 1.165) is 17.7 Å². The van der Waals surface area contributed by atoms with Gasteiger partial charge in [-0.1, -0.05) is 18.2 Å². The summed E-state index contributed by atoms with van der Waals surface area (Å²) in [6.45, 7) is 2.13. The van der Waals surface area contributed by atoms with E-state index in [-0.39, 0.29) is 11.9 Å². The summed E-state index contributed by atoms with van der Waals surface area (Å²) in [4.78, 5) is 14.0. The molecule has 3 heteroatoms. The Balaban J connectivity index is 2.44. The molecule has 0 amide bonds. The van der Waals surface area contributed by atoms with Crippen LogP contribution in [-0.4, -0.2) is 26.2 Å². The summed E-state index contributed by atoms with van der Waals surface area (Å²) in [5.74, 6) is -0.250. The largest absolute Gasteiger partial charge is 0.469 e. The summed E-state index contributed by atoms with van der Waals surface area (Å²) in [6.07, 6.45) is 0.820. The van der Waals surface area contributed by atoms with Crippen molar-refractivity contribution in [2.75, 3.05) is 19.1 Å². The van der Waals surface area contributed by atoms with Gasteiger partial charge in [0.05, 0.1) is 13.0 Å². The van der Waals surface area contributed by atoms with E-state index < -0.39 is 0 Å². The van der Waals surface area contributed by atoms with Crippen LogP contribution in [0.3, 0.4) is 0 Å². The molecule has 86 valence electrons. The van der Waals surface area contributed by atoms with Crippen LogP contribution in [0.4, 0.5) is 5.69 Å². The Labute approximate surface area is 96.0 Å². The van der Waals surface area contributed by atoms with Crippen LogP contribution in [0.5, 0.6) is 0 Å². The zero-order valence-electron chi connectivity index (χ0n) is 9.93. The summed E-state index contributed by atoms with van der Waals surface area (Å²) in [5.41, 5.74) is 2.21. The summed E-state index contributed by atoms with van der Waals surface area (Å²) >= 11 is 0. The molecule has 16 heavy (non-hydrogen) atoms. The first-order valence-corrected chi connectivity index (χ1v) is 5.54. The zero-order chi connectivity index (χ0) is 11.7. The molecular weight excluding hydrogens is 202 g/mol. The number of ether oxygens (including phenoxy) is 1. The number of carbonyl (C=O) groups is 1. The lowest BCUT2D eigenvalue weighted by Crippen LogP contribution is -2.37. The van der Waals surface area contributed by atoms with Crippen molar-refractivity contribution < 1.29 is 9.53 Å². The van der Waals surface area contributed by atoms with E-state index in [1.54, 1.807) is 0 Å². The maximum atomic E-state index is 11.7. The second kappa shape index (κ2) is 4.16. The summed E-state index contributed by atoms with van der Waals surface area (Å²) in [7, 11) is 3.52. The first-order chi connectivity index (χ1) is 7.65. The lowest BCUT2D eigenvalue weighted by atomic mass is 9.86. The minimum absolute atomic E-state index is 0.118. The van der Waals surface area contributed by atoms with Crippen molar-refractivity contribution in [2.45, 2.75) is 25.3 Å². The van der Waals surface area contributed by atoms with Crippen LogP contribution in [-0.2, 0) is 9.53 Å². The molecule has 2 atom stereocenters. The highest BCUT2D eigenvalue weighted by Gasteiger charge is 2.32. The molecule has 0 saturated heterocycles. The number of hydrogen-bond acceptors (Lipinski definition) is 3. The normalized spacial score (nSPS) is 23.8. The zero-order valence-corrected chi connectivity index (χ0v) is 9.93. The van der Waals surface area contributed by atoms with Crippen molar-refractivity contribution in [1.29, 1.82) is 0 Å². The Morgan fingerprint density at radius 1 is 1.44 bits per heavy atom. The van der Waals surface area contributed by atoms with Gasteiger partial charge in [-0.25, -0.2) is 0 Å². The lowest BCUT2D eigenvalue weighted by molar-refractivity contribution is -0.142. The highest BCUT2D eigenvalue weighted by Crippen LogP contribution is 2.37. The van der Waals surface area contributed by atoms with Crippen molar-refractivity contribution in [3.63, 3.8) is 0 Å². The molecule has 1 aromatic rings. The van der Waals surface area contributed by atoms with E-state index in [1.807, 2.05) is 18.2 Å². The predicted octanol–water partition coefficient (Wildman–Crippen LogP) is 2.17. The Morgan fingerprint density at radius 3 is 2.81 bits per heavy atom. The van der Waals surface area contributed by atoms with Gasteiger partial charge < -0.3 is 9.64 Å². The topological polar surface area (TPSA) is 29.5 Å². The van der Waals surface area contributed by atoms with Gasteiger partial charge in [-0.2, -0.15) is 0 Å². The molecule has 1 heterocycles. The number of para-hydroxylation sites is 1. The third kappa shape index (κ3) is 1.66. The molecular formula is C13H17NO2. The number of nitrogens with zero attached hydrogens (tertiary/aromatic N) is 1. The maximum absolute atomic E-state index is 11.7. The molecule has 1 aliphatic heterocycles. The smallest absolute Gasteiger partial charge is 0.313 e. The Morgan fingerprint density at radius 2 is 2.12 bits per heavy atom. The fourth-order valence-corrected chi connectivity index (χ4v) is 2.33. The number of hydrogen-bond donors (Lipinski definition) is 0. The molecule has 1 aromatic carbocycles. The lowest BCUT2D eigenvalue weighted by Gasteiger charge is -2.37. The summed E-state index contributed by atoms with van der Waals surface area (Å²) in [5, 5.41) is 0. The molecule has 0 aliphatic carbocycles. The minimum Gasteiger partial charge on any atom is -0.469 e. The van der Waals surface area contributed by atoms with Crippen molar-refractivity contribution >= 4 is 11.7 Å². The number of methoxy groups -OCH3 is 1. The summed E-state index contributed by atoms with van der Waals surface area (Å²) in [6, 6.07) is 8.40. The molecule has 0 aromatic heterocycles. The highest BCUT2D eigenvalue weighted by atomic mass is 16.5. The van der Waals surface area contributed by atoms with Gasteiger partial charge in [0, 0.05) is 18.8 Å². The quantitative estimate of drug-likeness (QED) is 0.678. The molecule has 2 rings (SSSR count). The number of anilines is 1. The van der Waals surface area contributed by atoms with Crippen LogP contribution >= 0.6 is 0 Å².